The van der Waals surface area contributed by atoms with Crippen molar-refractivity contribution in [3.63, 3.8) is 0 Å². The van der Waals surface area contributed by atoms with E-state index in [-0.39, 0.29) is 23.2 Å². The van der Waals surface area contributed by atoms with Crippen LogP contribution in [-0.2, 0) is 14.8 Å². The number of nitrogens with one attached hydrogen (secondary N) is 1. The van der Waals surface area contributed by atoms with Crippen molar-refractivity contribution in [1.29, 1.82) is 0 Å². The smallest absolute Gasteiger partial charge is 0.255 e. The van der Waals surface area contributed by atoms with Gasteiger partial charge in [-0.25, -0.2) is 13.4 Å². The zero-order chi connectivity index (χ0) is 25.3. The van der Waals surface area contributed by atoms with Crippen molar-refractivity contribution in [2.45, 2.75) is 32.7 Å². The Balaban J connectivity index is 1.66. The summed E-state index contributed by atoms with van der Waals surface area (Å²) in [6.07, 6.45) is 4.37. The molecule has 0 bridgehead atoms. The maximum Gasteiger partial charge on any atom is 0.255 e. The minimum atomic E-state index is -3.54. The number of thioether (sulfide) groups is 1. The van der Waals surface area contributed by atoms with Gasteiger partial charge in [0.05, 0.1) is 35.1 Å². The van der Waals surface area contributed by atoms with Gasteiger partial charge in [0.1, 0.15) is 11.6 Å². The first kappa shape index (κ1) is 25.4. The summed E-state index contributed by atoms with van der Waals surface area (Å²) in [6.45, 7) is 10.5. The van der Waals surface area contributed by atoms with Crippen LogP contribution < -0.4 is 14.5 Å². The molecule has 2 aliphatic rings. The van der Waals surface area contributed by atoms with E-state index in [4.69, 9.17) is 10.1 Å². The molecule has 190 valence electrons. The second-order valence-corrected chi connectivity index (χ2v) is 11.7. The number of sulfonamides is 1. The van der Waals surface area contributed by atoms with E-state index in [2.05, 4.69) is 27.2 Å². The van der Waals surface area contributed by atoms with Gasteiger partial charge in [-0.05, 0) is 19.8 Å². The van der Waals surface area contributed by atoms with E-state index in [9.17, 15) is 13.2 Å². The molecule has 4 heterocycles. The van der Waals surface area contributed by atoms with E-state index in [1.807, 2.05) is 29.3 Å². The van der Waals surface area contributed by atoms with Crippen LogP contribution in [0.2, 0.25) is 0 Å². The number of carbonyl (C=O) groups excluding carboxylic acids is 1. The summed E-state index contributed by atoms with van der Waals surface area (Å²) in [5.41, 5.74) is 1.73. The molecule has 1 N–H and O–H groups in total. The minimum absolute atomic E-state index is 0.0793. The highest BCUT2D eigenvalue weighted by molar-refractivity contribution is 7.99. The van der Waals surface area contributed by atoms with Gasteiger partial charge in [0.25, 0.3) is 5.91 Å². The SMILES string of the molecule is C=C(C(=O)N(C)C(CC)c1cc2nc(N3CCC3)cc(N3CCSC3)n2n1)C(=CC)NS(C)(=O)=O. The molecule has 0 aliphatic carbocycles. The molecule has 0 spiro atoms. The summed E-state index contributed by atoms with van der Waals surface area (Å²) in [5, 5.41) is 4.89. The van der Waals surface area contributed by atoms with E-state index in [1.54, 1.807) is 18.9 Å². The van der Waals surface area contributed by atoms with Gasteiger partial charge in [0.15, 0.2) is 5.65 Å². The van der Waals surface area contributed by atoms with Crippen molar-refractivity contribution in [1.82, 2.24) is 24.2 Å². The number of hydrogen-bond donors (Lipinski definition) is 1. The zero-order valence-corrected chi connectivity index (χ0v) is 22.3. The van der Waals surface area contributed by atoms with Crippen LogP contribution in [0.4, 0.5) is 11.6 Å². The number of hydrogen-bond acceptors (Lipinski definition) is 8. The lowest BCUT2D eigenvalue weighted by molar-refractivity contribution is -0.127. The number of fused-ring (bicyclic) bond motifs is 1. The first-order valence-electron chi connectivity index (χ1n) is 11.7. The molecule has 1 amide bonds. The maximum atomic E-state index is 13.3. The van der Waals surface area contributed by atoms with Crippen molar-refractivity contribution in [2.75, 3.05) is 54.4 Å². The van der Waals surface area contributed by atoms with Crippen molar-refractivity contribution in [2.24, 2.45) is 0 Å². The number of rotatable bonds is 9. The highest BCUT2D eigenvalue weighted by Gasteiger charge is 2.28. The van der Waals surface area contributed by atoms with Crippen molar-refractivity contribution >= 4 is 45.0 Å². The molecule has 0 aromatic carbocycles. The van der Waals surface area contributed by atoms with Gasteiger partial charge in [-0.15, -0.1) is 11.8 Å². The molecule has 1 atom stereocenters. The number of aromatic nitrogens is 3. The lowest BCUT2D eigenvalue weighted by atomic mass is 10.1. The Morgan fingerprint density at radius 3 is 2.60 bits per heavy atom. The molecular formula is C23H33N7O3S2. The van der Waals surface area contributed by atoms with Crippen molar-refractivity contribution in [3.05, 3.63) is 41.8 Å². The van der Waals surface area contributed by atoms with Crippen LogP contribution >= 0.6 is 11.8 Å². The van der Waals surface area contributed by atoms with E-state index in [1.165, 1.54) is 12.5 Å². The van der Waals surface area contributed by atoms with Gasteiger partial charge < -0.3 is 14.7 Å². The van der Waals surface area contributed by atoms with Gasteiger partial charge in [0, 0.05) is 44.6 Å². The highest BCUT2D eigenvalue weighted by atomic mass is 32.2. The second kappa shape index (κ2) is 10.1. The average molecular weight is 520 g/mol. The van der Waals surface area contributed by atoms with Gasteiger partial charge in [-0.1, -0.05) is 19.6 Å². The Morgan fingerprint density at radius 2 is 2.06 bits per heavy atom. The third-order valence-electron chi connectivity index (χ3n) is 6.35. The highest BCUT2D eigenvalue weighted by Crippen LogP contribution is 2.31. The summed E-state index contributed by atoms with van der Waals surface area (Å²) in [5.74, 6) is 3.57. The molecule has 2 fully saturated rings. The monoisotopic (exact) mass is 519 g/mol. The quantitative estimate of drug-likeness (QED) is 0.398. The van der Waals surface area contributed by atoms with Crippen LogP contribution in [0.5, 0.6) is 0 Å². The molecule has 2 aliphatic heterocycles. The number of anilines is 2. The van der Waals surface area contributed by atoms with Gasteiger partial charge in [-0.2, -0.15) is 9.61 Å². The van der Waals surface area contributed by atoms with Crippen LogP contribution in [0.1, 0.15) is 38.4 Å². The summed E-state index contributed by atoms with van der Waals surface area (Å²) in [4.78, 5) is 24.3. The van der Waals surface area contributed by atoms with E-state index >= 15 is 0 Å². The first-order valence-corrected chi connectivity index (χ1v) is 14.8. The van der Waals surface area contributed by atoms with E-state index in [0.717, 1.165) is 60.5 Å². The number of likely N-dealkylation sites (N-methyl/N-ethyl adjacent to an activating group) is 1. The fraction of sp³-hybridized carbons (Fsp3) is 0.522. The van der Waals surface area contributed by atoms with Crippen LogP contribution in [0.25, 0.3) is 5.65 Å². The summed E-state index contributed by atoms with van der Waals surface area (Å²) >= 11 is 1.89. The predicted molar refractivity (Wildman–Crippen MR) is 141 cm³/mol. The Bertz CT molecular complexity index is 1260. The van der Waals surface area contributed by atoms with Gasteiger partial charge >= 0.3 is 0 Å². The molecule has 0 radical (unpaired) electrons. The number of amides is 1. The second-order valence-electron chi connectivity index (χ2n) is 8.85. The Hall–Kier alpha value is -2.73. The Morgan fingerprint density at radius 1 is 1.31 bits per heavy atom. The largest absolute Gasteiger partial charge is 0.356 e. The topological polar surface area (TPSA) is 103 Å². The van der Waals surface area contributed by atoms with Crippen LogP contribution in [0.3, 0.4) is 0 Å². The molecule has 35 heavy (non-hydrogen) atoms. The standard InChI is InChI=1S/C23H33N7O3S2/c1-6-17(26-35(5,32)33)16(3)23(31)27(4)19(7-2)18-13-21-24-20(28-9-8-10-28)14-22(30(21)25-18)29-11-12-34-15-29/h6,13-14,19,26H,3,7-12,15H2,1-2,4-5H3. The average Bonchev–Trinajstić information content (AvgIpc) is 3.44. The first-order chi connectivity index (χ1) is 16.6. The number of carbonyl (C=O) groups is 1. The summed E-state index contributed by atoms with van der Waals surface area (Å²) in [7, 11) is -1.85. The molecule has 4 rings (SSSR count). The van der Waals surface area contributed by atoms with Gasteiger partial charge in [-0.3, -0.25) is 9.52 Å². The summed E-state index contributed by atoms with van der Waals surface area (Å²) < 4.78 is 27.7. The van der Waals surface area contributed by atoms with E-state index < -0.39 is 10.0 Å². The third-order valence-corrected chi connectivity index (χ3v) is 7.91. The Labute approximate surface area is 211 Å². The van der Waals surface area contributed by atoms with Crippen molar-refractivity contribution in [3.8, 4) is 0 Å². The number of nitrogens with zero attached hydrogens (tertiary/aromatic N) is 6. The zero-order valence-electron chi connectivity index (χ0n) is 20.7. The fourth-order valence-corrected chi connectivity index (χ4v) is 5.90. The normalized spacial score (nSPS) is 17.4. The Kier molecular flexibility index (Phi) is 7.32. The lowest BCUT2D eigenvalue weighted by Gasteiger charge is -2.32. The molecular weight excluding hydrogens is 486 g/mol. The molecule has 10 nitrogen and oxygen atoms in total. The molecule has 2 aromatic heterocycles. The molecule has 2 aromatic rings. The fourth-order valence-electron chi connectivity index (χ4n) is 4.30. The van der Waals surface area contributed by atoms with Crippen LogP contribution in [0, 0.1) is 0 Å². The molecule has 12 heteroatoms. The van der Waals surface area contributed by atoms with Crippen molar-refractivity contribution < 1.29 is 13.2 Å². The molecule has 1 unspecified atom stereocenters. The van der Waals surface area contributed by atoms with Crippen LogP contribution in [0.15, 0.2) is 36.1 Å². The third kappa shape index (κ3) is 5.27. The predicted octanol–water partition coefficient (Wildman–Crippen LogP) is 2.37. The van der Waals surface area contributed by atoms with Gasteiger partial charge in [0.2, 0.25) is 10.0 Å². The summed E-state index contributed by atoms with van der Waals surface area (Å²) in [6, 6.07) is 3.73. The lowest BCUT2D eigenvalue weighted by Crippen LogP contribution is -2.38. The number of allylic oxidation sites excluding steroid dienone is 1. The van der Waals surface area contributed by atoms with E-state index in [0.29, 0.717) is 6.42 Å². The molecule has 0 saturated carbocycles. The molecule has 2 saturated heterocycles. The maximum absolute atomic E-state index is 13.3. The minimum Gasteiger partial charge on any atom is -0.356 e. The van der Waals surface area contributed by atoms with Crippen LogP contribution in [-0.4, -0.2) is 78.4 Å².